The van der Waals surface area contributed by atoms with Gasteiger partial charge in [0.05, 0.1) is 12.2 Å². The van der Waals surface area contributed by atoms with E-state index in [0.29, 0.717) is 17.2 Å². The van der Waals surface area contributed by atoms with Crippen LogP contribution < -0.4 is 11.1 Å². The number of carboxylic acid groups (broad SMARTS) is 1. The third-order valence-electron chi connectivity index (χ3n) is 5.17. The molecule has 30 heavy (non-hydrogen) atoms. The van der Waals surface area contributed by atoms with Crippen LogP contribution in [-0.2, 0) is 0 Å². The Labute approximate surface area is 170 Å². The third kappa shape index (κ3) is 3.86. The van der Waals surface area contributed by atoms with Gasteiger partial charge in [0.15, 0.2) is 11.5 Å². The summed E-state index contributed by atoms with van der Waals surface area (Å²) in [5.41, 5.74) is 5.53. The number of nitrogens with one attached hydrogen (secondary N) is 1. The van der Waals surface area contributed by atoms with Gasteiger partial charge in [0.25, 0.3) is 5.91 Å². The molecule has 0 radical (unpaired) electrons. The van der Waals surface area contributed by atoms with Crippen LogP contribution in [-0.4, -0.2) is 66.7 Å². The number of hydrogen-bond acceptors (Lipinski definition) is 6. The summed E-state index contributed by atoms with van der Waals surface area (Å²) in [6.45, 7) is 0.187. The first-order valence-electron chi connectivity index (χ1n) is 9.35. The Morgan fingerprint density at radius 3 is 2.53 bits per heavy atom. The van der Waals surface area contributed by atoms with Crippen molar-refractivity contribution in [1.29, 1.82) is 0 Å². The lowest BCUT2D eigenvalue weighted by molar-refractivity contribution is 0.0658. The van der Waals surface area contributed by atoms with Crippen molar-refractivity contribution in [3.63, 3.8) is 0 Å². The van der Waals surface area contributed by atoms with Crippen LogP contribution in [0.25, 0.3) is 16.9 Å². The number of anilines is 1. The minimum atomic E-state index is -1.59. The van der Waals surface area contributed by atoms with Crippen LogP contribution >= 0.6 is 0 Å². The predicted molar refractivity (Wildman–Crippen MR) is 106 cm³/mol. The fraction of sp³-hybridized carbons (Fsp3) is 0.316. The number of amides is 2. The van der Waals surface area contributed by atoms with Crippen LogP contribution in [0.2, 0.25) is 0 Å². The molecule has 2 amide bonds. The van der Waals surface area contributed by atoms with Gasteiger partial charge < -0.3 is 25.5 Å². The van der Waals surface area contributed by atoms with E-state index in [1.54, 1.807) is 35.1 Å². The first kappa shape index (κ1) is 19.6. The molecule has 0 aromatic carbocycles. The zero-order valence-corrected chi connectivity index (χ0v) is 16.0. The summed E-state index contributed by atoms with van der Waals surface area (Å²) in [5, 5.41) is 12.0. The lowest BCUT2D eigenvalue weighted by Gasteiger charge is -2.35. The van der Waals surface area contributed by atoms with Crippen LogP contribution in [0, 0.1) is 0 Å². The fourth-order valence-corrected chi connectivity index (χ4v) is 3.42. The van der Waals surface area contributed by atoms with Gasteiger partial charge in [-0.2, -0.15) is 0 Å². The van der Waals surface area contributed by atoms with Crippen LogP contribution in [0.15, 0.2) is 36.9 Å². The minimum Gasteiger partial charge on any atom is -0.465 e. The van der Waals surface area contributed by atoms with E-state index in [1.807, 2.05) is 0 Å². The molecule has 1 fully saturated rings. The van der Waals surface area contributed by atoms with E-state index in [1.165, 1.54) is 11.1 Å². The van der Waals surface area contributed by atoms with E-state index < -0.39 is 17.7 Å². The molecular weight excluding hydrogens is 393 g/mol. The van der Waals surface area contributed by atoms with Crippen LogP contribution in [0.4, 0.5) is 15.0 Å². The Kier molecular flexibility index (Phi) is 4.94. The highest BCUT2D eigenvalue weighted by Crippen LogP contribution is 2.28. The molecule has 4 heterocycles. The van der Waals surface area contributed by atoms with E-state index >= 15 is 4.39 Å². The van der Waals surface area contributed by atoms with Gasteiger partial charge in [-0.15, -0.1) is 0 Å². The molecule has 3 aromatic rings. The predicted octanol–water partition coefficient (Wildman–Crippen LogP) is 1.78. The second-order valence-electron chi connectivity index (χ2n) is 7.21. The summed E-state index contributed by atoms with van der Waals surface area (Å²) in [4.78, 5) is 36.6. The molecule has 4 rings (SSSR count). The quantitative estimate of drug-likeness (QED) is 0.579. The van der Waals surface area contributed by atoms with Crippen molar-refractivity contribution in [2.45, 2.75) is 18.5 Å². The third-order valence-corrected chi connectivity index (χ3v) is 5.17. The second-order valence-corrected chi connectivity index (χ2v) is 7.21. The van der Waals surface area contributed by atoms with Gasteiger partial charge in [0.2, 0.25) is 0 Å². The number of carbonyl (C=O) groups excluding carboxylic acids is 1. The smallest absolute Gasteiger partial charge is 0.407 e. The SMILES string of the molecule is NC(=O)c1cn2cc(-c3ccncc3)nc(NCC3(F)CCN(C(=O)O)CC3)c2n1. The summed E-state index contributed by atoms with van der Waals surface area (Å²) in [7, 11) is 0. The molecule has 10 nitrogen and oxygen atoms in total. The number of halogens is 1. The van der Waals surface area contributed by atoms with Gasteiger partial charge in [-0.3, -0.25) is 9.78 Å². The Bertz CT molecular complexity index is 1090. The highest BCUT2D eigenvalue weighted by atomic mass is 19.1. The molecule has 0 unspecified atom stereocenters. The molecule has 0 spiro atoms. The van der Waals surface area contributed by atoms with Gasteiger partial charge in [-0.1, -0.05) is 0 Å². The van der Waals surface area contributed by atoms with Gasteiger partial charge in [-0.05, 0) is 12.1 Å². The van der Waals surface area contributed by atoms with Crippen LogP contribution in [0.1, 0.15) is 23.3 Å². The molecule has 0 aliphatic carbocycles. The molecule has 1 aliphatic heterocycles. The maximum absolute atomic E-state index is 15.2. The summed E-state index contributed by atoms with van der Waals surface area (Å²) in [5.74, 6) is -0.382. The Morgan fingerprint density at radius 1 is 1.20 bits per heavy atom. The largest absolute Gasteiger partial charge is 0.465 e. The highest BCUT2D eigenvalue weighted by molar-refractivity contribution is 5.92. The zero-order chi connectivity index (χ0) is 21.3. The molecule has 0 saturated carbocycles. The number of alkyl halides is 1. The fourth-order valence-electron chi connectivity index (χ4n) is 3.42. The summed E-state index contributed by atoms with van der Waals surface area (Å²) in [6.07, 6.45) is 5.56. The van der Waals surface area contributed by atoms with E-state index in [-0.39, 0.29) is 38.2 Å². The Balaban J connectivity index is 1.63. The molecule has 0 bridgehead atoms. The van der Waals surface area contributed by atoms with Crippen molar-refractivity contribution >= 4 is 23.5 Å². The first-order valence-corrected chi connectivity index (χ1v) is 9.35. The van der Waals surface area contributed by atoms with Crippen molar-refractivity contribution in [3.05, 3.63) is 42.6 Å². The van der Waals surface area contributed by atoms with Gasteiger partial charge in [0.1, 0.15) is 11.4 Å². The molecule has 1 aliphatic rings. The molecule has 1 saturated heterocycles. The number of primary amides is 1. The number of carbonyl (C=O) groups is 2. The molecule has 11 heteroatoms. The molecule has 0 atom stereocenters. The molecular formula is C19H20FN7O3. The maximum Gasteiger partial charge on any atom is 0.407 e. The van der Waals surface area contributed by atoms with E-state index in [4.69, 9.17) is 10.8 Å². The van der Waals surface area contributed by atoms with Crippen molar-refractivity contribution < 1.29 is 19.1 Å². The van der Waals surface area contributed by atoms with Crippen LogP contribution in [0.3, 0.4) is 0 Å². The number of hydrogen-bond donors (Lipinski definition) is 3. The zero-order valence-electron chi connectivity index (χ0n) is 16.0. The minimum absolute atomic E-state index is 0.0662. The normalized spacial score (nSPS) is 15.8. The van der Waals surface area contributed by atoms with E-state index in [9.17, 15) is 9.59 Å². The lowest BCUT2D eigenvalue weighted by Crippen LogP contribution is -2.47. The summed E-state index contributed by atoms with van der Waals surface area (Å²) in [6, 6.07) is 3.56. The number of fused-ring (bicyclic) bond motifs is 1. The van der Waals surface area contributed by atoms with Gasteiger partial charge in [-0.25, -0.2) is 19.2 Å². The van der Waals surface area contributed by atoms with Crippen molar-refractivity contribution in [3.8, 4) is 11.3 Å². The average molecular weight is 413 g/mol. The summed E-state index contributed by atoms with van der Waals surface area (Å²) >= 11 is 0. The van der Waals surface area contributed by atoms with E-state index in [0.717, 1.165) is 5.56 Å². The highest BCUT2D eigenvalue weighted by Gasteiger charge is 2.36. The molecule has 4 N–H and O–H groups in total. The maximum atomic E-state index is 15.2. The van der Waals surface area contributed by atoms with Gasteiger partial charge >= 0.3 is 6.09 Å². The number of imidazole rings is 1. The number of aromatic nitrogens is 4. The monoisotopic (exact) mass is 413 g/mol. The standard InChI is InChI=1S/C19H20FN7O3/c20-19(3-7-26(8-4-19)18(29)30)11-23-16-17-25-14(15(21)28)10-27(17)9-13(24-16)12-1-5-22-6-2-12/h1-2,5-6,9-10H,3-4,7-8,11H2,(H2,21,28)(H,23,24)(H,29,30). The topological polar surface area (TPSA) is 139 Å². The first-order chi connectivity index (χ1) is 14.3. The lowest BCUT2D eigenvalue weighted by atomic mass is 9.93. The average Bonchev–Trinajstić information content (AvgIpc) is 3.18. The van der Waals surface area contributed by atoms with Gasteiger partial charge in [0, 0.05) is 56.3 Å². The number of likely N-dealkylation sites (tertiary alicyclic amines) is 1. The van der Waals surface area contributed by atoms with Crippen LogP contribution in [0.5, 0.6) is 0 Å². The summed E-state index contributed by atoms with van der Waals surface area (Å²) < 4.78 is 16.8. The number of piperidine rings is 1. The number of rotatable bonds is 5. The van der Waals surface area contributed by atoms with Crippen molar-refractivity contribution in [2.24, 2.45) is 5.73 Å². The number of nitrogens with zero attached hydrogens (tertiary/aromatic N) is 5. The van der Waals surface area contributed by atoms with Crippen molar-refractivity contribution in [2.75, 3.05) is 25.0 Å². The van der Waals surface area contributed by atoms with Crippen molar-refractivity contribution in [1.82, 2.24) is 24.3 Å². The number of pyridine rings is 1. The number of nitrogens with two attached hydrogens (primary N) is 1. The van der Waals surface area contributed by atoms with E-state index in [2.05, 4.69) is 20.3 Å². The molecule has 3 aromatic heterocycles. The Morgan fingerprint density at radius 2 is 1.90 bits per heavy atom. The second kappa shape index (κ2) is 7.58. The Hall–Kier alpha value is -3.76. The molecule has 156 valence electrons.